The Morgan fingerprint density at radius 2 is 1.86 bits per heavy atom. The molecule has 118 valence electrons. The standard InChI is InChI=1S/C17H29N3O/c1-4-20(14(2)3)16-11-9-15(10-12-16)19-17(21)8-6-5-7-13-18/h9-12,14H,4-8,13,18H2,1-3H3,(H,19,21). The highest BCUT2D eigenvalue weighted by atomic mass is 16.1. The van der Waals surface area contributed by atoms with Crippen molar-refractivity contribution in [3.8, 4) is 0 Å². The van der Waals surface area contributed by atoms with Crippen LogP contribution in [0.15, 0.2) is 24.3 Å². The van der Waals surface area contributed by atoms with Crippen LogP contribution in [0.2, 0.25) is 0 Å². The highest BCUT2D eigenvalue weighted by Gasteiger charge is 2.08. The summed E-state index contributed by atoms with van der Waals surface area (Å²) in [7, 11) is 0. The van der Waals surface area contributed by atoms with E-state index >= 15 is 0 Å². The van der Waals surface area contributed by atoms with Gasteiger partial charge in [-0.15, -0.1) is 0 Å². The van der Waals surface area contributed by atoms with Crippen molar-refractivity contribution in [2.24, 2.45) is 5.73 Å². The number of carbonyl (C=O) groups excluding carboxylic acids is 1. The van der Waals surface area contributed by atoms with Gasteiger partial charge in [-0.1, -0.05) is 6.42 Å². The average molecular weight is 291 g/mol. The molecule has 0 aliphatic heterocycles. The van der Waals surface area contributed by atoms with Gasteiger partial charge >= 0.3 is 0 Å². The van der Waals surface area contributed by atoms with E-state index in [0.29, 0.717) is 19.0 Å². The Hall–Kier alpha value is -1.55. The predicted octanol–water partition coefficient (Wildman–Crippen LogP) is 3.38. The molecule has 1 amide bonds. The quantitative estimate of drug-likeness (QED) is 0.686. The molecule has 0 unspecified atom stereocenters. The Kier molecular flexibility index (Phi) is 7.83. The summed E-state index contributed by atoms with van der Waals surface area (Å²) in [6, 6.07) is 8.54. The molecule has 0 heterocycles. The summed E-state index contributed by atoms with van der Waals surface area (Å²) in [6.07, 6.45) is 3.47. The molecule has 1 rings (SSSR count). The maximum Gasteiger partial charge on any atom is 0.224 e. The van der Waals surface area contributed by atoms with Crippen LogP contribution in [0, 0.1) is 0 Å². The molecule has 21 heavy (non-hydrogen) atoms. The van der Waals surface area contributed by atoms with Crippen molar-refractivity contribution in [3.05, 3.63) is 24.3 Å². The monoisotopic (exact) mass is 291 g/mol. The molecular formula is C17H29N3O. The lowest BCUT2D eigenvalue weighted by Gasteiger charge is -2.27. The summed E-state index contributed by atoms with van der Waals surface area (Å²) in [6.45, 7) is 8.19. The number of carbonyl (C=O) groups is 1. The Morgan fingerprint density at radius 3 is 2.38 bits per heavy atom. The minimum Gasteiger partial charge on any atom is -0.369 e. The summed E-state index contributed by atoms with van der Waals surface area (Å²) >= 11 is 0. The molecule has 0 aromatic heterocycles. The van der Waals surface area contributed by atoms with Gasteiger partial charge in [0.15, 0.2) is 0 Å². The van der Waals surface area contributed by atoms with Gasteiger partial charge in [0.2, 0.25) is 5.91 Å². The molecule has 0 spiro atoms. The fraction of sp³-hybridized carbons (Fsp3) is 0.588. The van der Waals surface area contributed by atoms with Gasteiger partial charge in [0.05, 0.1) is 0 Å². The number of rotatable bonds is 9. The average Bonchev–Trinajstić information content (AvgIpc) is 2.46. The zero-order valence-electron chi connectivity index (χ0n) is 13.6. The summed E-state index contributed by atoms with van der Waals surface area (Å²) in [5.41, 5.74) is 7.49. The molecule has 0 fully saturated rings. The van der Waals surface area contributed by atoms with Crippen LogP contribution < -0.4 is 16.0 Å². The second-order valence-electron chi connectivity index (χ2n) is 5.57. The number of hydrogen-bond acceptors (Lipinski definition) is 3. The maximum absolute atomic E-state index is 11.8. The Morgan fingerprint density at radius 1 is 1.19 bits per heavy atom. The van der Waals surface area contributed by atoms with Crippen LogP contribution in [0.1, 0.15) is 46.5 Å². The minimum atomic E-state index is 0.0796. The largest absolute Gasteiger partial charge is 0.369 e. The molecule has 0 aliphatic carbocycles. The van der Waals surface area contributed by atoms with Crippen LogP contribution in [0.3, 0.4) is 0 Å². The second kappa shape index (κ2) is 9.40. The molecule has 0 saturated carbocycles. The number of benzene rings is 1. The number of hydrogen-bond donors (Lipinski definition) is 2. The maximum atomic E-state index is 11.8. The SMILES string of the molecule is CCN(c1ccc(NC(=O)CCCCCN)cc1)C(C)C. The number of anilines is 2. The summed E-state index contributed by atoms with van der Waals surface area (Å²) in [5.74, 6) is 0.0796. The molecule has 4 heteroatoms. The van der Waals surface area contributed by atoms with E-state index in [9.17, 15) is 4.79 Å². The first-order valence-electron chi connectivity index (χ1n) is 7.95. The molecule has 0 saturated heterocycles. The van der Waals surface area contributed by atoms with E-state index in [4.69, 9.17) is 5.73 Å². The lowest BCUT2D eigenvalue weighted by molar-refractivity contribution is -0.116. The van der Waals surface area contributed by atoms with Crippen molar-refractivity contribution in [1.82, 2.24) is 0 Å². The van der Waals surface area contributed by atoms with Crippen LogP contribution in [0.4, 0.5) is 11.4 Å². The van der Waals surface area contributed by atoms with Crippen LogP contribution in [0.5, 0.6) is 0 Å². The minimum absolute atomic E-state index is 0.0796. The van der Waals surface area contributed by atoms with Gasteiger partial charge in [-0.05, 0) is 64.4 Å². The van der Waals surface area contributed by atoms with Crippen molar-refractivity contribution in [2.75, 3.05) is 23.3 Å². The van der Waals surface area contributed by atoms with Gasteiger partial charge in [0.1, 0.15) is 0 Å². The lowest BCUT2D eigenvalue weighted by Crippen LogP contribution is -2.30. The van der Waals surface area contributed by atoms with Crippen LogP contribution >= 0.6 is 0 Å². The van der Waals surface area contributed by atoms with Crippen molar-refractivity contribution < 1.29 is 4.79 Å². The van der Waals surface area contributed by atoms with E-state index in [1.54, 1.807) is 0 Å². The fourth-order valence-electron chi connectivity index (χ4n) is 2.41. The van der Waals surface area contributed by atoms with Crippen molar-refractivity contribution >= 4 is 17.3 Å². The highest BCUT2D eigenvalue weighted by molar-refractivity contribution is 5.90. The van der Waals surface area contributed by atoms with Crippen LogP contribution in [-0.2, 0) is 4.79 Å². The van der Waals surface area contributed by atoms with Gasteiger partial charge in [-0.3, -0.25) is 4.79 Å². The van der Waals surface area contributed by atoms with Gasteiger partial charge in [0.25, 0.3) is 0 Å². The van der Waals surface area contributed by atoms with E-state index in [0.717, 1.165) is 31.5 Å². The van der Waals surface area contributed by atoms with Crippen LogP contribution in [0.25, 0.3) is 0 Å². The molecular weight excluding hydrogens is 262 g/mol. The molecule has 0 radical (unpaired) electrons. The lowest BCUT2D eigenvalue weighted by atomic mass is 10.2. The first-order valence-corrected chi connectivity index (χ1v) is 7.95. The normalized spacial score (nSPS) is 10.7. The van der Waals surface area contributed by atoms with E-state index in [1.807, 2.05) is 12.1 Å². The summed E-state index contributed by atoms with van der Waals surface area (Å²) in [4.78, 5) is 14.1. The predicted molar refractivity (Wildman–Crippen MR) is 90.8 cm³/mol. The third-order valence-corrected chi connectivity index (χ3v) is 3.55. The highest BCUT2D eigenvalue weighted by Crippen LogP contribution is 2.20. The third-order valence-electron chi connectivity index (χ3n) is 3.55. The Balaban J connectivity index is 2.48. The number of nitrogens with two attached hydrogens (primary N) is 1. The van der Waals surface area contributed by atoms with Gasteiger partial charge in [-0.2, -0.15) is 0 Å². The van der Waals surface area contributed by atoms with Crippen molar-refractivity contribution in [2.45, 2.75) is 52.5 Å². The summed E-state index contributed by atoms with van der Waals surface area (Å²) < 4.78 is 0. The smallest absolute Gasteiger partial charge is 0.224 e. The molecule has 1 aromatic carbocycles. The van der Waals surface area contributed by atoms with Crippen molar-refractivity contribution in [1.29, 1.82) is 0 Å². The molecule has 0 aliphatic rings. The first kappa shape index (κ1) is 17.5. The number of amides is 1. The Bertz CT molecular complexity index is 415. The molecule has 0 atom stereocenters. The molecule has 1 aromatic rings. The van der Waals surface area contributed by atoms with Gasteiger partial charge in [0, 0.05) is 30.4 Å². The zero-order valence-corrected chi connectivity index (χ0v) is 13.6. The van der Waals surface area contributed by atoms with E-state index < -0.39 is 0 Å². The molecule has 4 nitrogen and oxygen atoms in total. The Labute approximate surface area is 128 Å². The summed E-state index contributed by atoms with van der Waals surface area (Å²) in [5, 5.41) is 2.94. The second-order valence-corrected chi connectivity index (χ2v) is 5.57. The van der Waals surface area contributed by atoms with Crippen LogP contribution in [-0.4, -0.2) is 25.0 Å². The number of nitrogens with zero attached hydrogens (tertiary/aromatic N) is 1. The van der Waals surface area contributed by atoms with Gasteiger partial charge < -0.3 is 16.0 Å². The first-order chi connectivity index (χ1) is 10.1. The zero-order chi connectivity index (χ0) is 15.7. The number of unbranched alkanes of at least 4 members (excludes halogenated alkanes) is 2. The van der Waals surface area contributed by atoms with E-state index in [1.165, 1.54) is 5.69 Å². The third kappa shape index (κ3) is 6.17. The number of nitrogens with one attached hydrogen (secondary N) is 1. The fourth-order valence-corrected chi connectivity index (χ4v) is 2.41. The molecule has 3 N–H and O–H groups in total. The van der Waals surface area contributed by atoms with Gasteiger partial charge in [-0.25, -0.2) is 0 Å². The van der Waals surface area contributed by atoms with E-state index in [2.05, 4.69) is 43.1 Å². The van der Waals surface area contributed by atoms with E-state index in [-0.39, 0.29) is 5.91 Å². The molecule has 0 bridgehead atoms. The van der Waals surface area contributed by atoms with Crippen molar-refractivity contribution in [3.63, 3.8) is 0 Å². The topological polar surface area (TPSA) is 58.4 Å².